The van der Waals surface area contributed by atoms with Gasteiger partial charge in [-0.25, -0.2) is 20.8 Å². The average Bonchev–Trinajstić information content (AvgIpc) is 2.67. The van der Waals surface area contributed by atoms with Crippen molar-refractivity contribution in [2.75, 3.05) is 18.1 Å². The van der Waals surface area contributed by atoms with E-state index in [2.05, 4.69) is 20.3 Å². The summed E-state index contributed by atoms with van der Waals surface area (Å²) >= 11 is 0. The third kappa shape index (κ3) is 5.31. The number of nitrogen functional groups attached to an aromatic ring is 1. The topological polar surface area (TPSA) is 132 Å². The molecule has 0 bridgehead atoms. The van der Waals surface area contributed by atoms with Crippen LogP contribution in [0.4, 0.5) is 30.6 Å². The summed E-state index contributed by atoms with van der Waals surface area (Å²) in [6.45, 7) is 1.52. The number of nitrogens with one attached hydrogen (secondary N) is 1. The van der Waals surface area contributed by atoms with E-state index in [1.165, 1.54) is 24.3 Å². The third-order valence-electron chi connectivity index (χ3n) is 4.69. The van der Waals surface area contributed by atoms with Gasteiger partial charge in [0.25, 0.3) is 0 Å². The van der Waals surface area contributed by atoms with Crippen LogP contribution < -0.4 is 22.6 Å². The van der Waals surface area contributed by atoms with Gasteiger partial charge in [-0.1, -0.05) is 6.92 Å². The Labute approximate surface area is 176 Å². The predicted molar refractivity (Wildman–Crippen MR) is 115 cm³/mol. The number of rotatable bonds is 6. The second kappa shape index (κ2) is 8.64. The van der Waals surface area contributed by atoms with Gasteiger partial charge in [-0.3, -0.25) is 0 Å². The normalized spacial score (nSPS) is 13.3. The van der Waals surface area contributed by atoms with E-state index in [4.69, 9.17) is 17.3 Å². The zero-order valence-corrected chi connectivity index (χ0v) is 17.0. The molecule has 0 saturated carbocycles. The molecule has 0 aliphatic heterocycles. The van der Waals surface area contributed by atoms with Gasteiger partial charge in [0.2, 0.25) is 0 Å². The Kier molecular flexibility index (Phi) is 6.16. The standard InChI is InChI=1S/C20H23F3N8/c1-11(8-20(21,22)23)12-3-4-27-17(6-12)30-18-7-13-5-15(16(9-24)31(2)26)29-19(25)14(13)10-28-18/h3-7,9-11H,8,24,26H2,1-2H3,(H2,25,29)(H,27,28,30)/b16-9-. The molecule has 0 spiro atoms. The fraction of sp³-hybridized carbons (Fsp3) is 0.250. The number of aromatic nitrogens is 3. The maximum absolute atomic E-state index is 12.7. The molecular formula is C20H23F3N8. The molecule has 0 aliphatic carbocycles. The molecule has 3 aromatic heterocycles. The first-order valence-electron chi connectivity index (χ1n) is 9.34. The lowest BCUT2D eigenvalue weighted by Gasteiger charge is -2.17. The second-order valence-electron chi connectivity index (χ2n) is 7.17. The van der Waals surface area contributed by atoms with Gasteiger partial charge in [0, 0.05) is 31.0 Å². The van der Waals surface area contributed by atoms with Crippen molar-refractivity contribution in [3.63, 3.8) is 0 Å². The van der Waals surface area contributed by atoms with Crippen molar-refractivity contribution in [1.29, 1.82) is 0 Å². The van der Waals surface area contributed by atoms with Crippen molar-refractivity contribution < 1.29 is 13.2 Å². The van der Waals surface area contributed by atoms with Crippen LogP contribution in [0, 0.1) is 0 Å². The second-order valence-corrected chi connectivity index (χ2v) is 7.17. The Balaban J connectivity index is 1.91. The van der Waals surface area contributed by atoms with Crippen LogP contribution in [0.3, 0.4) is 0 Å². The van der Waals surface area contributed by atoms with Crippen molar-refractivity contribution in [2.24, 2.45) is 11.6 Å². The minimum absolute atomic E-state index is 0.258. The Bertz CT molecular complexity index is 1110. The first kappa shape index (κ1) is 22.1. The number of nitrogens with zero attached hydrogens (tertiary/aromatic N) is 4. The Hall–Kier alpha value is -3.60. The lowest BCUT2D eigenvalue weighted by atomic mass is 9.98. The van der Waals surface area contributed by atoms with Crippen LogP contribution in [-0.4, -0.2) is 33.2 Å². The number of alkyl halides is 3. The maximum atomic E-state index is 12.7. The van der Waals surface area contributed by atoms with Crippen molar-refractivity contribution in [3.8, 4) is 0 Å². The van der Waals surface area contributed by atoms with E-state index < -0.39 is 18.5 Å². The predicted octanol–water partition coefficient (Wildman–Crippen LogP) is 3.47. The molecule has 1 atom stereocenters. The molecule has 3 heterocycles. The van der Waals surface area contributed by atoms with Crippen LogP contribution in [0.5, 0.6) is 0 Å². The molecule has 0 amide bonds. The summed E-state index contributed by atoms with van der Waals surface area (Å²) in [5, 5.41) is 5.70. The molecule has 3 rings (SSSR count). The van der Waals surface area contributed by atoms with Gasteiger partial charge >= 0.3 is 6.18 Å². The lowest BCUT2D eigenvalue weighted by molar-refractivity contribution is -0.137. The van der Waals surface area contributed by atoms with E-state index in [-0.39, 0.29) is 5.82 Å². The zero-order chi connectivity index (χ0) is 22.8. The summed E-state index contributed by atoms with van der Waals surface area (Å²) in [5.41, 5.74) is 13.2. The van der Waals surface area contributed by atoms with Crippen LogP contribution >= 0.6 is 0 Å². The highest BCUT2D eigenvalue weighted by Gasteiger charge is 2.30. The fourth-order valence-corrected chi connectivity index (χ4v) is 3.18. The van der Waals surface area contributed by atoms with E-state index in [9.17, 15) is 13.2 Å². The van der Waals surface area contributed by atoms with Crippen molar-refractivity contribution >= 4 is 33.9 Å². The molecule has 31 heavy (non-hydrogen) atoms. The Morgan fingerprint density at radius 1 is 1.23 bits per heavy atom. The molecule has 1 unspecified atom stereocenters. The molecular weight excluding hydrogens is 409 g/mol. The van der Waals surface area contributed by atoms with Crippen LogP contribution in [0.1, 0.15) is 30.5 Å². The number of hydrazine groups is 1. The van der Waals surface area contributed by atoms with Crippen LogP contribution in [-0.2, 0) is 0 Å². The number of anilines is 3. The largest absolute Gasteiger partial charge is 0.403 e. The Morgan fingerprint density at radius 3 is 2.58 bits per heavy atom. The van der Waals surface area contributed by atoms with Gasteiger partial charge in [-0.05, 0) is 41.1 Å². The van der Waals surface area contributed by atoms with Gasteiger partial charge in [0.15, 0.2) is 0 Å². The van der Waals surface area contributed by atoms with E-state index in [0.29, 0.717) is 34.0 Å². The molecule has 7 N–H and O–H groups in total. The number of nitrogens with two attached hydrogens (primary N) is 3. The molecule has 0 radical (unpaired) electrons. The number of pyridine rings is 3. The molecule has 11 heteroatoms. The molecule has 3 aromatic rings. The molecule has 8 nitrogen and oxygen atoms in total. The third-order valence-corrected chi connectivity index (χ3v) is 4.69. The van der Waals surface area contributed by atoms with Gasteiger partial charge in [0.1, 0.15) is 17.5 Å². The minimum atomic E-state index is -4.24. The quantitative estimate of drug-likeness (QED) is 0.344. The first-order valence-corrected chi connectivity index (χ1v) is 9.34. The molecule has 0 aliphatic rings. The van der Waals surface area contributed by atoms with Crippen LogP contribution in [0.2, 0.25) is 0 Å². The summed E-state index contributed by atoms with van der Waals surface area (Å²) in [4.78, 5) is 12.8. The maximum Gasteiger partial charge on any atom is 0.389 e. The Morgan fingerprint density at radius 2 is 1.94 bits per heavy atom. The van der Waals surface area contributed by atoms with Gasteiger partial charge < -0.3 is 21.8 Å². The number of hydrogen-bond acceptors (Lipinski definition) is 8. The highest BCUT2D eigenvalue weighted by Crippen LogP contribution is 2.32. The highest BCUT2D eigenvalue weighted by atomic mass is 19.4. The van der Waals surface area contributed by atoms with Gasteiger partial charge in [0.05, 0.1) is 17.8 Å². The van der Waals surface area contributed by atoms with Crippen LogP contribution in [0.25, 0.3) is 16.5 Å². The monoisotopic (exact) mass is 432 g/mol. The highest BCUT2D eigenvalue weighted by molar-refractivity contribution is 5.93. The van der Waals surface area contributed by atoms with E-state index in [0.717, 1.165) is 5.39 Å². The van der Waals surface area contributed by atoms with Crippen LogP contribution in [0.15, 0.2) is 42.9 Å². The SMILES string of the molecule is CC(CC(F)(F)F)c1ccnc(Nc2cc3cc(/C(=C/N)N(C)N)nc(N)c3cn2)c1. The minimum Gasteiger partial charge on any atom is -0.403 e. The summed E-state index contributed by atoms with van der Waals surface area (Å²) < 4.78 is 38.1. The smallest absolute Gasteiger partial charge is 0.389 e. The zero-order valence-electron chi connectivity index (χ0n) is 17.0. The average molecular weight is 432 g/mol. The van der Waals surface area contributed by atoms with E-state index in [1.54, 1.807) is 37.5 Å². The molecule has 0 saturated heterocycles. The summed E-state index contributed by atoms with van der Waals surface area (Å²) in [6, 6.07) is 6.64. The molecule has 164 valence electrons. The fourth-order valence-electron chi connectivity index (χ4n) is 3.18. The van der Waals surface area contributed by atoms with E-state index >= 15 is 0 Å². The number of hydrogen-bond donors (Lipinski definition) is 4. The molecule has 0 aromatic carbocycles. The van der Waals surface area contributed by atoms with Crippen molar-refractivity contribution in [3.05, 3.63) is 54.1 Å². The summed E-state index contributed by atoms with van der Waals surface area (Å²) in [6.07, 6.45) is -0.813. The van der Waals surface area contributed by atoms with E-state index in [1.807, 2.05) is 0 Å². The van der Waals surface area contributed by atoms with Crippen molar-refractivity contribution in [2.45, 2.75) is 25.4 Å². The van der Waals surface area contributed by atoms with Crippen molar-refractivity contribution in [1.82, 2.24) is 20.0 Å². The summed E-state index contributed by atoms with van der Waals surface area (Å²) in [5.74, 6) is 6.16. The number of fused-ring (bicyclic) bond motifs is 1. The first-order chi connectivity index (χ1) is 14.6. The van der Waals surface area contributed by atoms with Gasteiger partial charge in [-0.2, -0.15) is 13.2 Å². The molecule has 0 fully saturated rings. The summed E-state index contributed by atoms with van der Waals surface area (Å²) in [7, 11) is 1.62. The van der Waals surface area contributed by atoms with Gasteiger partial charge in [-0.15, -0.1) is 0 Å². The number of halogens is 3. The lowest BCUT2D eigenvalue weighted by Crippen LogP contribution is -2.25.